The Morgan fingerprint density at radius 1 is 1.53 bits per heavy atom. The van der Waals surface area contributed by atoms with Gasteiger partial charge in [0, 0.05) is 20.6 Å². The monoisotopic (exact) mass is 234 g/mol. The van der Waals surface area contributed by atoms with E-state index >= 15 is 0 Å². The number of Topliss-reactive ketones (excluding diaryl/α,β-unsaturated/α-hetero) is 1. The molecule has 1 aliphatic rings. The molecule has 1 aromatic heterocycles. The fourth-order valence-corrected chi connectivity index (χ4v) is 1.73. The van der Waals surface area contributed by atoms with Crippen molar-refractivity contribution in [3.05, 3.63) is 17.8 Å². The topological polar surface area (TPSA) is 88.3 Å². The van der Waals surface area contributed by atoms with Crippen LogP contribution < -0.4 is 16.0 Å². The molecule has 2 heterocycles. The summed E-state index contributed by atoms with van der Waals surface area (Å²) in [6, 6.07) is 3.59. The summed E-state index contributed by atoms with van der Waals surface area (Å²) in [4.78, 5) is 29.2. The van der Waals surface area contributed by atoms with Crippen molar-refractivity contribution < 1.29 is 9.59 Å². The fraction of sp³-hybridized carbons (Fsp3) is 0.364. The molecule has 3 N–H and O–H groups in total. The summed E-state index contributed by atoms with van der Waals surface area (Å²) in [5.41, 5.74) is 6.11. The van der Waals surface area contributed by atoms with Crippen LogP contribution in [0.2, 0.25) is 0 Å². The van der Waals surface area contributed by atoms with Crippen LogP contribution in [0.1, 0.15) is 10.5 Å². The molecule has 1 aliphatic heterocycles. The van der Waals surface area contributed by atoms with E-state index in [2.05, 4.69) is 10.3 Å². The second kappa shape index (κ2) is 4.04. The summed E-state index contributed by atoms with van der Waals surface area (Å²) in [6.07, 6.45) is 0. The van der Waals surface area contributed by atoms with Crippen LogP contribution in [0.25, 0.3) is 0 Å². The number of carbonyl (C=O) groups excluding carboxylic acids is 2. The van der Waals surface area contributed by atoms with Crippen LogP contribution in [0.5, 0.6) is 0 Å². The second-order valence-electron chi connectivity index (χ2n) is 4.16. The zero-order valence-electron chi connectivity index (χ0n) is 9.73. The zero-order chi connectivity index (χ0) is 12.6. The van der Waals surface area contributed by atoms with Crippen molar-refractivity contribution in [2.75, 3.05) is 30.9 Å². The smallest absolute Gasteiger partial charge is 0.230 e. The summed E-state index contributed by atoms with van der Waals surface area (Å²) in [5.74, 6) is -1.09. The Morgan fingerprint density at radius 2 is 2.24 bits per heavy atom. The highest BCUT2D eigenvalue weighted by Gasteiger charge is 2.32. The quantitative estimate of drug-likeness (QED) is 0.695. The number of nitrogens with zero attached hydrogens (tertiary/aromatic N) is 2. The molecular formula is C11H14N4O2. The maximum Gasteiger partial charge on any atom is 0.230 e. The van der Waals surface area contributed by atoms with Gasteiger partial charge in [0.15, 0.2) is 5.78 Å². The highest BCUT2D eigenvalue weighted by molar-refractivity contribution is 6.13. The van der Waals surface area contributed by atoms with Crippen LogP contribution in [-0.2, 0) is 4.79 Å². The molecule has 0 saturated heterocycles. The summed E-state index contributed by atoms with van der Waals surface area (Å²) in [6.45, 7) is 0.240. The molecule has 2 rings (SSSR count). The van der Waals surface area contributed by atoms with E-state index in [9.17, 15) is 9.59 Å². The summed E-state index contributed by atoms with van der Waals surface area (Å²) >= 11 is 0. The van der Waals surface area contributed by atoms with Gasteiger partial charge >= 0.3 is 0 Å². The normalized spacial score (nSPS) is 18.2. The molecule has 6 nitrogen and oxygen atoms in total. The van der Waals surface area contributed by atoms with Gasteiger partial charge in [-0.1, -0.05) is 0 Å². The van der Waals surface area contributed by atoms with Gasteiger partial charge < -0.3 is 16.0 Å². The maximum atomic E-state index is 12.0. The van der Waals surface area contributed by atoms with Crippen molar-refractivity contribution in [2.24, 2.45) is 11.7 Å². The third kappa shape index (κ3) is 1.93. The van der Waals surface area contributed by atoms with Crippen molar-refractivity contribution in [1.29, 1.82) is 0 Å². The van der Waals surface area contributed by atoms with Crippen LogP contribution >= 0.6 is 0 Å². The average Bonchev–Trinajstić information content (AvgIpc) is 2.28. The van der Waals surface area contributed by atoms with E-state index in [4.69, 9.17) is 5.73 Å². The number of pyridine rings is 1. The van der Waals surface area contributed by atoms with Crippen LogP contribution in [-0.4, -0.2) is 37.3 Å². The van der Waals surface area contributed by atoms with E-state index in [0.29, 0.717) is 11.5 Å². The highest BCUT2D eigenvalue weighted by atomic mass is 16.2. The molecule has 0 spiro atoms. The van der Waals surface area contributed by atoms with Gasteiger partial charge in [0.25, 0.3) is 0 Å². The molecule has 0 radical (unpaired) electrons. The van der Waals surface area contributed by atoms with Crippen molar-refractivity contribution in [3.8, 4) is 0 Å². The first kappa shape index (κ1) is 11.4. The van der Waals surface area contributed by atoms with E-state index in [1.165, 1.54) is 0 Å². The molecule has 0 aromatic carbocycles. The lowest BCUT2D eigenvalue weighted by Gasteiger charge is -2.23. The first-order valence-electron chi connectivity index (χ1n) is 5.26. The van der Waals surface area contributed by atoms with Gasteiger partial charge in [-0.2, -0.15) is 0 Å². The zero-order valence-corrected chi connectivity index (χ0v) is 9.73. The van der Waals surface area contributed by atoms with Gasteiger partial charge in [0.05, 0.1) is 5.69 Å². The Hall–Kier alpha value is -2.11. The van der Waals surface area contributed by atoms with Gasteiger partial charge in [0.1, 0.15) is 17.4 Å². The van der Waals surface area contributed by atoms with E-state index in [1.807, 2.05) is 20.2 Å². The number of rotatable bonds is 2. The number of nitrogens with two attached hydrogens (primary N) is 1. The van der Waals surface area contributed by atoms with Crippen molar-refractivity contribution >= 4 is 23.2 Å². The van der Waals surface area contributed by atoms with E-state index in [1.54, 1.807) is 11.0 Å². The molecule has 17 heavy (non-hydrogen) atoms. The van der Waals surface area contributed by atoms with Crippen LogP contribution in [0, 0.1) is 5.92 Å². The number of hydrogen-bond acceptors (Lipinski definition) is 5. The molecule has 1 aromatic rings. The second-order valence-corrected chi connectivity index (χ2v) is 4.16. The first-order chi connectivity index (χ1) is 8.00. The molecule has 90 valence electrons. The van der Waals surface area contributed by atoms with E-state index in [-0.39, 0.29) is 18.0 Å². The Bertz CT molecular complexity index is 484. The lowest BCUT2D eigenvalue weighted by molar-refractivity contribution is -0.120. The SMILES string of the molecule is CN(C)c1ccc2c(n1)C(=O)C(C(N)=O)CN2. The maximum absolute atomic E-state index is 12.0. The molecule has 0 bridgehead atoms. The van der Waals surface area contributed by atoms with Gasteiger partial charge in [-0.15, -0.1) is 0 Å². The molecule has 0 fully saturated rings. The third-order valence-electron chi connectivity index (χ3n) is 2.73. The number of fused-ring (bicyclic) bond motifs is 1. The minimum Gasteiger partial charge on any atom is -0.382 e. The van der Waals surface area contributed by atoms with Gasteiger partial charge in [0.2, 0.25) is 5.91 Å². The molecule has 1 amide bonds. The lowest BCUT2D eigenvalue weighted by atomic mass is 9.95. The molecule has 6 heteroatoms. The minimum absolute atomic E-state index is 0.240. The van der Waals surface area contributed by atoms with Gasteiger partial charge in [-0.25, -0.2) is 4.98 Å². The number of carbonyl (C=O) groups is 2. The largest absolute Gasteiger partial charge is 0.382 e. The fourth-order valence-electron chi connectivity index (χ4n) is 1.73. The summed E-state index contributed by atoms with van der Waals surface area (Å²) in [5, 5.41) is 2.99. The highest BCUT2D eigenvalue weighted by Crippen LogP contribution is 2.25. The van der Waals surface area contributed by atoms with Crippen LogP contribution in [0.3, 0.4) is 0 Å². The number of hydrogen-bond donors (Lipinski definition) is 2. The number of primary amides is 1. The van der Waals surface area contributed by atoms with Crippen molar-refractivity contribution in [1.82, 2.24) is 4.98 Å². The molecule has 1 atom stereocenters. The number of amides is 1. The number of anilines is 2. The Morgan fingerprint density at radius 3 is 2.82 bits per heavy atom. The summed E-state index contributed by atoms with van der Waals surface area (Å²) < 4.78 is 0. The van der Waals surface area contributed by atoms with Gasteiger partial charge in [-0.05, 0) is 12.1 Å². The predicted octanol–water partition coefficient (Wildman–Crippen LogP) is -0.143. The number of nitrogens with one attached hydrogen (secondary N) is 1. The average molecular weight is 234 g/mol. The van der Waals surface area contributed by atoms with Crippen molar-refractivity contribution in [2.45, 2.75) is 0 Å². The molecular weight excluding hydrogens is 220 g/mol. The van der Waals surface area contributed by atoms with Crippen molar-refractivity contribution in [3.63, 3.8) is 0 Å². The molecule has 0 aliphatic carbocycles. The van der Waals surface area contributed by atoms with E-state index in [0.717, 1.165) is 0 Å². The van der Waals surface area contributed by atoms with Gasteiger partial charge in [-0.3, -0.25) is 9.59 Å². The predicted molar refractivity (Wildman–Crippen MR) is 64.1 cm³/mol. The molecule has 0 saturated carbocycles. The minimum atomic E-state index is -0.826. The van der Waals surface area contributed by atoms with Crippen LogP contribution in [0.4, 0.5) is 11.5 Å². The van der Waals surface area contributed by atoms with Crippen LogP contribution in [0.15, 0.2) is 12.1 Å². The molecule has 1 unspecified atom stereocenters. The third-order valence-corrected chi connectivity index (χ3v) is 2.73. The summed E-state index contributed by atoms with van der Waals surface area (Å²) in [7, 11) is 3.67. The first-order valence-corrected chi connectivity index (χ1v) is 5.26. The lowest BCUT2D eigenvalue weighted by Crippen LogP contribution is -2.39. The Kier molecular flexibility index (Phi) is 2.71. The van der Waals surface area contributed by atoms with E-state index < -0.39 is 11.8 Å². The number of aromatic nitrogens is 1. The number of ketones is 1. The standard InChI is InChI=1S/C11H14N4O2/c1-15(2)8-4-3-7-9(14-8)10(16)6(5-13-7)11(12)17/h3-4,6,13H,5H2,1-2H3,(H2,12,17). The Balaban J connectivity index is 2.43. The Labute approximate surface area is 98.8 Å².